The molecular weight excluding hydrogens is 1170 g/mol. The second kappa shape index (κ2) is 44.2. The van der Waals surface area contributed by atoms with Gasteiger partial charge in [-0.3, -0.25) is 82.7 Å². The van der Waals surface area contributed by atoms with Crippen LogP contribution in [0.5, 0.6) is 0 Å². The van der Waals surface area contributed by atoms with E-state index in [1.165, 1.54) is 20.8 Å². The molecule has 13 amide bonds. The van der Waals surface area contributed by atoms with Gasteiger partial charge in [0.05, 0.1) is 26.3 Å². The molecule has 85 heavy (non-hydrogen) atoms. The number of aliphatic carboxylic acids is 1. The minimum Gasteiger partial charge on any atom is -0.480 e. The Bertz CT molecular complexity index is 2260. The summed E-state index contributed by atoms with van der Waals surface area (Å²) >= 11 is 0. The van der Waals surface area contributed by atoms with E-state index in [-0.39, 0.29) is 81.6 Å². The van der Waals surface area contributed by atoms with Gasteiger partial charge in [0, 0.05) is 63.9 Å². The molecule has 16 N–H and O–H groups in total. The van der Waals surface area contributed by atoms with Gasteiger partial charge in [-0.25, -0.2) is 15.2 Å². The quantitative estimate of drug-likeness (QED) is 0.00900. The first-order chi connectivity index (χ1) is 39.5. The topological polar surface area (TPSA) is 490 Å². The maximum Gasteiger partial charge on any atom is 0.322 e. The van der Waals surface area contributed by atoms with Crippen LogP contribution in [0.15, 0.2) is 12.2 Å². The number of unbranched alkanes of at least 4 members (excludes halogenated alkanes) is 4. The molecule has 0 rings (SSSR count). The molecule has 0 radical (unpaired) electrons. The molecule has 3 unspecified atom stereocenters. The molecule has 0 heterocycles. The summed E-state index contributed by atoms with van der Waals surface area (Å²) in [5.41, 5.74) is 0. The van der Waals surface area contributed by atoms with Gasteiger partial charge in [0.25, 0.3) is 0 Å². The first kappa shape index (κ1) is 79.7. The van der Waals surface area contributed by atoms with E-state index in [0.29, 0.717) is 15.2 Å². The number of carbonyl (C=O) groups is 14. The van der Waals surface area contributed by atoms with Crippen LogP contribution in [0.2, 0.25) is 0 Å². The molecule has 0 aliphatic carbocycles. The van der Waals surface area contributed by atoms with E-state index >= 15 is 0 Å². The Morgan fingerprint density at radius 1 is 0.435 bits per heavy atom. The minimum absolute atomic E-state index is 0. The Balaban J connectivity index is 0. The van der Waals surface area contributed by atoms with Crippen molar-refractivity contribution in [2.24, 2.45) is 5.92 Å². The number of hydroxylamine groups is 6. The van der Waals surface area contributed by atoms with Crippen molar-refractivity contribution in [1.82, 2.24) is 68.4 Å². The van der Waals surface area contributed by atoms with E-state index in [0.717, 1.165) is 52.9 Å². The molecular formula is C51H87FeN13O20. The molecule has 0 aromatic rings. The molecule has 7 atom stereocenters. The number of carboxylic acids is 1. The van der Waals surface area contributed by atoms with E-state index < -0.39 is 164 Å². The van der Waals surface area contributed by atoms with Crippen LogP contribution < -0.4 is 53.2 Å². The first-order valence-electron chi connectivity index (χ1n) is 27.4. The van der Waals surface area contributed by atoms with Crippen molar-refractivity contribution in [1.29, 1.82) is 0 Å². The maximum absolute atomic E-state index is 13.6. The molecule has 0 spiro atoms. The molecule has 0 bridgehead atoms. The van der Waals surface area contributed by atoms with Crippen LogP contribution in [0.3, 0.4) is 0 Å². The van der Waals surface area contributed by atoms with Gasteiger partial charge in [-0.2, -0.15) is 0 Å². The van der Waals surface area contributed by atoms with Crippen molar-refractivity contribution >= 4 is 82.8 Å². The van der Waals surface area contributed by atoms with Gasteiger partial charge in [0.15, 0.2) is 0 Å². The number of hydrogen-bond donors (Lipinski definition) is 16. The third kappa shape index (κ3) is 34.9. The number of rotatable bonds is 42. The van der Waals surface area contributed by atoms with Gasteiger partial charge < -0.3 is 68.5 Å². The minimum atomic E-state index is -1.81. The van der Waals surface area contributed by atoms with Gasteiger partial charge in [-0.1, -0.05) is 52.2 Å². The fourth-order valence-corrected chi connectivity index (χ4v) is 7.34. The number of nitrogens with zero attached hydrogens (tertiary/aromatic N) is 3. The zero-order valence-electron chi connectivity index (χ0n) is 49.0. The fourth-order valence-electron chi connectivity index (χ4n) is 7.34. The predicted octanol–water partition coefficient (Wildman–Crippen LogP) is -4.56. The molecule has 0 aromatic carbocycles. The van der Waals surface area contributed by atoms with Crippen LogP contribution in [0.4, 0.5) is 0 Å². The number of aliphatic hydroxyl groups is 2. The number of allylic oxidation sites excluding steroid dienone is 1. The Hall–Kier alpha value is -7.36. The molecule has 0 fully saturated rings. The van der Waals surface area contributed by atoms with Crippen LogP contribution in [0, 0.1) is 5.92 Å². The largest absolute Gasteiger partial charge is 0.480 e. The van der Waals surface area contributed by atoms with E-state index in [9.17, 15) is 93.0 Å². The number of carbonyl (C=O) groups excluding carboxylic acids is 13. The van der Waals surface area contributed by atoms with Crippen molar-refractivity contribution in [3.8, 4) is 0 Å². The van der Waals surface area contributed by atoms with Crippen LogP contribution >= 0.6 is 0 Å². The summed E-state index contributed by atoms with van der Waals surface area (Å²) in [7, 11) is 0. The summed E-state index contributed by atoms with van der Waals surface area (Å²) in [4.78, 5) is 177. The van der Waals surface area contributed by atoms with E-state index in [2.05, 4.69) is 60.1 Å². The molecule has 484 valence electrons. The summed E-state index contributed by atoms with van der Waals surface area (Å²) < 4.78 is 0. The average molecular weight is 1260 g/mol. The van der Waals surface area contributed by atoms with Crippen molar-refractivity contribution in [2.45, 2.75) is 168 Å². The molecule has 0 saturated heterocycles. The van der Waals surface area contributed by atoms with Crippen molar-refractivity contribution in [3.05, 3.63) is 12.2 Å². The Kier molecular flexibility index (Phi) is 41.4. The van der Waals surface area contributed by atoms with Gasteiger partial charge >= 0.3 is 5.97 Å². The standard InChI is InChI=1S/C51H87N13O20.Fe/c1-8-9-10-11-12-13-14-21-40(70)57-38(28-65)49(79)58-36(19-16-23-63(83)33(6)68)47(77)53-26-42(72)61-44(30(2)3)51(81)60-39(29-66)50(80)59-37(20-17-24-64(84)34(7)69)48(78)55-31(4)45(75)52-25-41(71)56-35(46(76)54-27-43(73)74)18-15-22-62(82)32(5)67;/h13-14,30-31,35-39,44,65-66,82-84H,8-12,15-29H2,1-7H3,(H,52,75)(H,53,77)(H,54,76)(H,55,78)(H,56,71)(H,57,70)(H,58,79)(H,59,80)(H,60,81)(H,61,72)(H,73,74);/b14-13-;/t31-,35?,36?,37?,38+,39-,44-;/m1./s1. The number of aliphatic hydroxyl groups excluding tert-OH is 2. The third-order valence-electron chi connectivity index (χ3n) is 12.2. The second-order valence-corrected chi connectivity index (χ2v) is 19.7. The molecule has 0 aromatic heterocycles. The Morgan fingerprint density at radius 2 is 0.824 bits per heavy atom. The van der Waals surface area contributed by atoms with Crippen LogP contribution in [0.25, 0.3) is 0 Å². The molecule has 0 aliphatic heterocycles. The van der Waals surface area contributed by atoms with Crippen LogP contribution in [0.1, 0.15) is 126 Å². The van der Waals surface area contributed by atoms with Gasteiger partial charge in [-0.05, 0) is 64.2 Å². The zero-order chi connectivity index (χ0) is 64.1. The fraction of sp³-hybridized carbons (Fsp3) is 0.686. The normalized spacial score (nSPS) is 13.3. The second-order valence-electron chi connectivity index (χ2n) is 19.7. The molecule has 0 saturated carbocycles. The number of nitrogens with one attached hydrogen (secondary N) is 10. The number of carboxylic acid groups (broad SMARTS) is 1. The average Bonchev–Trinajstić information content (AvgIpc) is 3.62. The smallest absolute Gasteiger partial charge is 0.322 e. The number of hydrogen-bond acceptors (Lipinski definition) is 19. The van der Waals surface area contributed by atoms with E-state index in [1.807, 2.05) is 6.08 Å². The monoisotopic (exact) mass is 1260 g/mol. The van der Waals surface area contributed by atoms with Crippen LogP contribution in [-0.2, 0) is 84.2 Å². The summed E-state index contributed by atoms with van der Waals surface area (Å²) in [6.45, 7) is 4.25. The predicted molar refractivity (Wildman–Crippen MR) is 293 cm³/mol. The summed E-state index contributed by atoms with van der Waals surface area (Å²) in [5, 5.41) is 82.6. The Labute approximate surface area is 503 Å². The van der Waals surface area contributed by atoms with Gasteiger partial charge in [0.2, 0.25) is 76.8 Å². The SMILES string of the molecule is CCCCCC/C=C\CC(=O)N[C@@H](CO)C(=O)NC(CCCN(O)C(C)=O)C(=O)NCC(=O)N[C@@H](C(=O)N[C@H](CO)C(=O)NC(CCCN(O)C(C)=O)C(=O)N[C@H](C)C(=O)NCC(=O)NC(CCCN(O)C(C)=O)C(=O)NCC(=O)O)C(C)C.[Fe]. The summed E-state index contributed by atoms with van der Waals surface area (Å²) in [5.74, 6) is -13.9. The molecule has 33 nitrogen and oxygen atoms in total. The van der Waals surface area contributed by atoms with Crippen molar-refractivity contribution < 1.29 is 115 Å². The van der Waals surface area contributed by atoms with E-state index in [4.69, 9.17) is 5.11 Å². The Morgan fingerprint density at radius 3 is 1.26 bits per heavy atom. The summed E-state index contributed by atoms with van der Waals surface area (Å²) in [6, 6.07) is -10.6. The van der Waals surface area contributed by atoms with E-state index in [1.54, 1.807) is 6.08 Å². The first-order valence-corrected chi connectivity index (χ1v) is 27.4. The molecule has 0 aliphatic rings. The van der Waals surface area contributed by atoms with Gasteiger partial charge in [0.1, 0.15) is 48.8 Å². The third-order valence-corrected chi connectivity index (χ3v) is 12.2. The van der Waals surface area contributed by atoms with Crippen molar-refractivity contribution in [2.75, 3.05) is 52.5 Å². The van der Waals surface area contributed by atoms with Crippen molar-refractivity contribution in [3.63, 3.8) is 0 Å². The van der Waals surface area contributed by atoms with Gasteiger partial charge in [-0.15, -0.1) is 0 Å². The number of amides is 13. The summed E-state index contributed by atoms with van der Waals surface area (Å²) in [6.07, 6.45) is 7.23. The maximum atomic E-state index is 13.6. The van der Waals surface area contributed by atoms with Crippen LogP contribution in [-0.4, -0.2) is 224 Å². The molecule has 34 heteroatoms. The zero-order valence-corrected chi connectivity index (χ0v) is 50.1.